The predicted molar refractivity (Wildman–Crippen MR) is 270 cm³/mol. The summed E-state index contributed by atoms with van der Waals surface area (Å²) in [7, 11) is 1.62. The molecule has 0 aliphatic carbocycles. The lowest BCUT2D eigenvalue weighted by atomic mass is 10.1. The molecule has 0 rings (SSSR count). The van der Waals surface area contributed by atoms with E-state index >= 15 is 0 Å². The van der Waals surface area contributed by atoms with Crippen molar-refractivity contribution in [3.8, 4) is 0 Å². The maximum atomic E-state index is 12.8. The zero-order valence-corrected chi connectivity index (χ0v) is 41.7. The van der Waals surface area contributed by atoms with Crippen LogP contribution in [0, 0.1) is 0 Å². The molecule has 0 saturated carbocycles. The van der Waals surface area contributed by atoms with E-state index in [9.17, 15) is 14.3 Å². The molecular formula is C54H93NO7P+. The van der Waals surface area contributed by atoms with Gasteiger partial charge >= 0.3 is 13.8 Å². The minimum atomic E-state index is -4.30. The van der Waals surface area contributed by atoms with Crippen molar-refractivity contribution in [2.45, 2.75) is 174 Å². The van der Waals surface area contributed by atoms with Crippen molar-refractivity contribution in [3.05, 3.63) is 109 Å². The first-order valence-electron chi connectivity index (χ1n) is 24.6. The fraction of sp³-hybridized carbons (Fsp3) is 0.648. The number of allylic oxidation sites excluding steroid dienone is 18. The van der Waals surface area contributed by atoms with Crippen molar-refractivity contribution in [1.29, 1.82) is 0 Å². The van der Waals surface area contributed by atoms with Gasteiger partial charge in [0, 0.05) is 13.0 Å². The van der Waals surface area contributed by atoms with Gasteiger partial charge in [0.1, 0.15) is 19.3 Å². The summed E-state index contributed by atoms with van der Waals surface area (Å²) in [5, 5.41) is 0. The maximum Gasteiger partial charge on any atom is 0.472 e. The van der Waals surface area contributed by atoms with Gasteiger partial charge in [-0.1, -0.05) is 175 Å². The molecule has 2 unspecified atom stereocenters. The normalized spacial score (nSPS) is 14.6. The van der Waals surface area contributed by atoms with Gasteiger partial charge in [0.2, 0.25) is 0 Å². The van der Waals surface area contributed by atoms with Gasteiger partial charge in [-0.3, -0.25) is 13.8 Å². The van der Waals surface area contributed by atoms with Gasteiger partial charge in [0.05, 0.1) is 34.4 Å². The molecule has 0 amide bonds. The topological polar surface area (TPSA) is 91.3 Å². The number of carbonyl (C=O) groups excluding carboxylic acids is 1. The SMILES string of the molecule is CC/C=C\C/C=C\C/C=C\C/C=C\C/C=C\C/C=C\CCCCCCC(=O)OC(COCCCCCCCCCC/C=C\C/C=C\C/C=C\CC)COP(=O)(O)OCC[N+](C)(C)C. The number of unbranched alkanes of at least 4 members (excludes halogenated alkanes) is 12. The summed E-state index contributed by atoms with van der Waals surface area (Å²) in [6.45, 7) is 5.32. The number of quaternary nitrogens is 1. The Morgan fingerprint density at radius 2 is 0.873 bits per heavy atom. The number of rotatable bonds is 44. The van der Waals surface area contributed by atoms with E-state index in [1.165, 1.54) is 38.5 Å². The molecule has 0 aliphatic rings. The van der Waals surface area contributed by atoms with Gasteiger partial charge in [-0.25, -0.2) is 4.57 Å². The van der Waals surface area contributed by atoms with Crippen LogP contribution in [0.25, 0.3) is 0 Å². The van der Waals surface area contributed by atoms with E-state index in [2.05, 4.69) is 123 Å². The standard InChI is InChI=1S/C54H92NO7P/c1-6-8-10-12-14-16-18-20-22-24-26-27-28-29-30-31-33-35-37-39-41-43-45-47-54(56)62-53(52-61-63(57,58)60-50-48-55(3,4)5)51-59-49-46-44-42-40-38-36-34-32-25-23-21-19-17-15-13-11-9-7-2/h8-11,14-17,20-23,26-27,29-30,33,35,53H,6-7,12-13,18-19,24-25,28,31-32,34,36-52H2,1-5H3/p+1/b10-8-,11-9-,16-14-,17-15-,22-20-,23-21-,27-26-,30-29-,35-33-. The lowest BCUT2D eigenvalue weighted by molar-refractivity contribution is -0.870. The molecule has 0 fully saturated rings. The van der Waals surface area contributed by atoms with Gasteiger partial charge in [-0.2, -0.15) is 0 Å². The predicted octanol–water partition coefficient (Wildman–Crippen LogP) is 15.2. The summed E-state index contributed by atoms with van der Waals surface area (Å²) in [5.41, 5.74) is 0. The van der Waals surface area contributed by atoms with E-state index in [-0.39, 0.29) is 25.8 Å². The minimum Gasteiger partial charge on any atom is -0.457 e. The first-order chi connectivity index (χ1) is 30.6. The fourth-order valence-electron chi connectivity index (χ4n) is 6.10. The Labute approximate surface area is 387 Å². The van der Waals surface area contributed by atoms with Crippen LogP contribution in [0.2, 0.25) is 0 Å². The van der Waals surface area contributed by atoms with Crippen LogP contribution in [0.4, 0.5) is 0 Å². The highest BCUT2D eigenvalue weighted by Gasteiger charge is 2.26. The third-order valence-corrected chi connectivity index (χ3v) is 10.8. The summed E-state index contributed by atoms with van der Waals surface area (Å²) in [4.78, 5) is 23.0. The van der Waals surface area contributed by atoms with Crippen molar-refractivity contribution >= 4 is 13.8 Å². The molecule has 360 valence electrons. The smallest absolute Gasteiger partial charge is 0.457 e. The van der Waals surface area contributed by atoms with E-state index in [0.717, 1.165) is 109 Å². The second kappa shape index (κ2) is 45.7. The number of phosphoric acid groups is 1. The van der Waals surface area contributed by atoms with Gasteiger partial charge in [-0.05, 0) is 96.3 Å². The van der Waals surface area contributed by atoms with Crippen molar-refractivity contribution in [3.63, 3.8) is 0 Å². The second-order valence-electron chi connectivity index (χ2n) is 17.1. The Morgan fingerprint density at radius 1 is 0.492 bits per heavy atom. The molecule has 0 heterocycles. The molecule has 63 heavy (non-hydrogen) atoms. The van der Waals surface area contributed by atoms with Crippen LogP contribution >= 0.6 is 7.82 Å². The molecule has 1 N–H and O–H groups in total. The zero-order valence-electron chi connectivity index (χ0n) is 40.8. The number of hydrogen-bond acceptors (Lipinski definition) is 6. The molecule has 0 aromatic heterocycles. The van der Waals surface area contributed by atoms with Crippen LogP contribution in [-0.2, 0) is 27.9 Å². The molecular weight excluding hydrogens is 806 g/mol. The molecule has 2 atom stereocenters. The van der Waals surface area contributed by atoms with Crippen LogP contribution in [0.1, 0.15) is 168 Å². The largest absolute Gasteiger partial charge is 0.472 e. The van der Waals surface area contributed by atoms with Crippen LogP contribution in [0.15, 0.2) is 109 Å². The molecule has 0 aromatic carbocycles. The van der Waals surface area contributed by atoms with Crippen LogP contribution in [0.5, 0.6) is 0 Å². The molecule has 0 aromatic rings. The van der Waals surface area contributed by atoms with Crippen molar-refractivity contribution in [2.24, 2.45) is 0 Å². The highest BCUT2D eigenvalue weighted by atomic mass is 31.2. The van der Waals surface area contributed by atoms with Crippen molar-refractivity contribution in [1.82, 2.24) is 0 Å². The number of nitrogens with zero attached hydrogens (tertiary/aromatic N) is 1. The van der Waals surface area contributed by atoms with Gasteiger partial charge < -0.3 is 18.9 Å². The van der Waals surface area contributed by atoms with Gasteiger partial charge in [0.15, 0.2) is 0 Å². The summed E-state index contributed by atoms with van der Waals surface area (Å²) in [6.07, 6.45) is 64.1. The number of ether oxygens (including phenoxy) is 2. The van der Waals surface area contributed by atoms with Crippen LogP contribution < -0.4 is 0 Å². The third-order valence-electron chi connectivity index (χ3n) is 9.83. The molecule has 8 nitrogen and oxygen atoms in total. The quantitative estimate of drug-likeness (QED) is 0.0214. The monoisotopic (exact) mass is 899 g/mol. The van der Waals surface area contributed by atoms with Gasteiger partial charge in [0.25, 0.3) is 0 Å². The Balaban J connectivity index is 4.28. The molecule has 0 radical (unpaired) electrons. The highest BCUT2D eigenvalue weighted by molar-refractivity contribution is 7.47. The summed E-state index contributed by atoms with van der Waals surface area (Å²) < 4.78 is 35.1. The second-order valence-corrected chi connectivity index (χ2v) is 18.5. The fourth-order valence-corrected chi connectivity index (χ4v) is 6.84. The number of hydrogen-bond donors (Lipinski definition) is 1. The maximum absolute atomic E-state index is 12.8. The first-order valence-corrected chi connectivity index (χ1v) is 26.1. The average Bonchev–Trinajstić information content (AvgIpc) is 3.24. The van der Waals surface area contributed by atoms with Gasteiger partial charge in [-0.15, -0.1) is 0 Å². The summed E-state index contributed by atoms with van der Waals surface area (Å²) in [6, 6.07) is 0. The average molecular weight is 899 g/mol. The van der Waals surface area contributed by atoms with E-state index < -0.39 is 13.9 Å². The molecule has 0 saturated heterocycles. The highest BCUT2D eigenvalue weighted by Crippen LogP contribution is 2.43. The third kappa shape index (κ3) is 50.0. The number of phosphoric ester groups is 1. The molecule has 9 heteroatoms. The lowest BCUT2D eigenvalue weighted by Gasteiger charge is -2.24. The van der Waals surface area contributed by atoms with Crippen molar-refractivity contribution in [2.75, 3.05) is 54.1 Å². The summed E-state index contributed by atoms with van der Waals surface area (Å²) >= 11 is 0. The molecule has 0 spiro atoms. The Bertz CT molecular complexity index is 1370. The van der Waals surface area contributed by atoms with E-state index in [4.69, 9.17) is 18.5 Å². The lowest BCUT2D eigenvalue weighted by Crippen LogP contribution is -2.37. The van der Waals surface area contributed by atoms with E-state index in [1.807, 2.05) is 21.1 Å². The molecule has 0 bridgehead atoms. The minimum absolute atomic E-state index is 0.0749. The van der Waals surface area contributed by atoms with Crippen LogP contribution in [-0.4, -0.2) is 75.6 Å². The first kappa shape index (κ1) is 60.2. The molecule has 0 aliphatic heterocycles. The number of carbonyl (C=O) groups is 1. The van der Waals surface area contributed by atoms with E-state index in [0.29, 0.717) is 24.1 Å². The van der Waals surface area contributed by atoms with Crippen LogP contribution in [0.3, 0.4) is 0 Å². The van der Waals surface area contributed by atoms with Crippen molar-refractivity contribution < 1.29 is 37.3 Å². The zero-order chi connectivity index (χ0) is 46.2. The van der Waals surface area contributed by atoms with E-state index in [1.54, 1.807) is 0 Å². The Morgan fingerprint density at radius 3 is 1.30 bits per heavy atom. The Hall–Kier alpha value is -2.84. The Kier molecular flexibility index (Phi) is 43.7. The number of likely N-dealkylation sites (N-methyl/N-ethyl adjacent to an activating group) is 1. The number of esters is 1. The summed E-state index contributed by atoms with van der Waals surface area (Å²) in [5.74, 6) is -0.345.